The molecule has 0 heterocycles. The van der Waals surface area contributed by atoms with Gasteiger partial charge in [0, 0.05) is 6.42 Å². The van der Waals surface area contributed by atoms with Gasteiger partial charge in [-0.25, -0.2) is 4.79 Å². The number of hydrogen-bond donors (Lipinski definition) is 2. The first-order valence-corrected chi connectivity index (χ1v) is 5.83. The lowest BCUT2D eigenvalue weighted by atomic mass is 10.1. The number of aromatic hydroxyl groups is 1. The van der Waals surface area contributed by atoms with E-state index in [-0.39, 0.29) is 24.7 Å². The number of phenolic OH excluding ortho intramolecular Hbond substituents is 1. The number of rotatable bonds is 5. The van der Waals surface area contributed by atoms with E-state index in [1.807, 2.05) is 0 Å². The smallest absolute Gasteiger partial charge is 0.333 e. The molecule has 0 bridgehead atoms. The Balaban J connectivity index is 2.92. The summed E-state index contributed by atoms with van der Waals surface area (Å²) in [7, 11) is 0. The summed E-state index contributed by atoms with van der Waals surface area (Å²) in [4.78, 5) is 23.2. The van der Waals surface area contributed by atoms with Crippen LogP contribution in [0.3, 0.4) is 0 Å². The quantitative estimate of drug-likeness (QED) is 0.778. The fourth-order valence-electron chi connectivity index (χ4n) is 1.43. The first-order valence-electron chi connectivity index (χ1n) is 5.83. The van der Waals surface area contributed by atoms with Gasteiger partial charge in [-0.15, -0.1) is 0 Å². The van der Waals surface area contributed by atoms with Crippen molar-refractivity contribution in [3.63, 3.8) is 0 Å². The summed E-state index contributed by atoms with van der Waals surface area (Å²) in [5.41, 5.74) is 0.577. The molecule has 98 valence electrons. The molecule has 0 aliphatic rings. The summed E-state index contributed by atoms with van der Waals surface area (Å²) in [5, 5.41) is 11.8. The van der Waals surface area contributed by atoms with Crippen molar-refractivity contribution in [2.75, 3.05) is 6.61 Å². The maximum absolute atomic E-state index is 11.8. The molecule has 0 spiro atoms. The lowest BCUT2D eigenvalue weighted by molar-refractivity contribution is -0.147. The van der Waals surface area contributed by atoms with E-state index in [1.165, 1.54) is 12.1 Å². The molecule has 5 nitrogen and oxygen atoms in total. The molecule has 0 aliphatic carbocycles. The predicted octanol–water partition coefficient (Wildman–Crippen LogP) is 1.52. The summed E-state index contributed by atoms with van der Waals surface area (Å²) in [5.74, 6) is -0.644. The Hall–Kier alpha value is -2.04. The van der Waals surface area contributed by atoms with Crippen molar-refractivity contribution in [1.29, 1.82) is 0 Å². The second kappa shape index (κ2) is 6.64. The normalized spacial score (nSPS) is 11.7. The molecule has 1 unspecified atom stereocenters. The molecule has 18 heavy (non-hydrogen) atoms. The summed E-state index contributed by atoms with van der Waals surface area (Å²) in [6, 6.07) is 5.23. The highest BCUT2D eigenvalue weighted by Gasteiger charge is 2.23. The number of esters is 1. The van der Waals surface area contributed by atoms with Gasteiger partial charge >= 0.3 is 5.97 Å². The molecule has 0 aliphatic heterocycles. The fourth-order valence-corrected chi connectivity index (χ4v) is 1.43. The Morgan fingerprint density at radius 3 is 2.39 bits per heavy atom. The zero-order valence-electron chi connectivity index (χ0n) is 10.5. The molecular weight excluding hydrogens is 234 g/mol. The van der Waals surface area contributed by atoms with E-state index in [9.17, 15) is 14.7 Å². The molecule has 1 rings (SSSR count). The van der Waals surface area contributed by atoms with Crippen molar-refractivity contribution >= 4 is 11.9 Å². The maximum atomic E-state index is 11.8. The van der Waals surface area contributed by atoms with E-state index in [2.05, 4.69) is 5.32 Å². The Morgan fingerprint density at radius 2 is 1.89 bits per heavy atom. The van der Waals surface area contributed by atoms with Crippen LogP contribution in [-0.4, -0.2) is 23.6 Å². The SMILES string of the molecule is CCOC(=O)C(NC(=O)CC)c1ccc(O)cc1. The number of nitrogens with one attached hydrogen (secondary N) is 1. The zero-order valence-corrected chi connectivity index (χ0v) is 10.5. The van der Waals surface area contributed by atoms with Gasteiger partial charge in [0.25, 0.3) is 0 Å². The number of amides is 1. The molecule has 0 saturated carbocycles. The Morgan fingerprint density at radius 1 is 1.28 bits per heavy atom. The van der Waals surface area contributed by atoms with Gasteiger partial charge in [0.2, 0.25) is 5.91 Å². The first-order chi connectivity index (χ1) is 8.58. The average molecular weight is 251 g/mol. The minimum atomic E-state index is -0.835. The van der Waals surface area contributed by atoms with Gasteiger partial charge < -0.3 is 15.2 Å². The predicted molar refractivity (Wildman–Crippen MR) is 65.9 cm³/mol. The number of hydrogen-bond acceptors (Lipinski definition) is 4. The molecule has 5 heteroatoms. The average Bonchev–Trinajstić information content (AvgIpc) is 2.37. The molecule has 2 N–H and O–H groups in total. The first kappa shape index (κ1) is 14.0. The van der Waals surface area contributed by atoms with Gasteiger partial charge in [0.15, 0.2) is 6.04 Å². The number of carbonyl (C=O) groups is 2. The van der Waals surface area contributed by atoms with Gasteiger partial charge in [0.05, 0.1) is 6.61 Å². The van der Waals surface area contributed by atoms with E-state index < -0.39 is 12.0 Å². The Bertz CT molecular complexity index is 414. The molecule has 1 aromatic carbocycles. The minimum absolute atomic E-state index is 0.100. The second-order valence-electron chi connectivity index (χ2n) is 3.70. The van der Waals surface area contributed by atoms with Crippen LogP contribution < -0.4 is 5.32 Å². The molecule has 0 saturated heterocycles. The second-order valence-corrected chi connectivity index (χ2v) is 3.70. The van der Waals surface area contributed by atoms with Crippen LogP contribution in [0, 0.1) is 0 Å². The van der Waals surface area contributed by atoms with Crippen molar-refractivity contribution in [2.45, 2.75) is 26.3 Å². The molecule has 1 amide bonds. The zero-order chi connectivity index (χ0) is 13.5. The highest BCUT2D eigenvalue weighted by Crippen LogP contribution is 2.18. The Kier molecular flexibility index (Phi) is 5.17. The van der Waals surface area contributed by atoms with Crippen LogP contribution in [0.1, 0.15) is 31.9 Å². The van der Waals surface area contributed by atoms with E-state index in [0.717, 1.165) is 0 Å². The van der Waals surface area contributed by atoms with Crippen LogP contribution in [0.25, 0.3) is 0 Å². The third-order valence-corrected chi connectivity index (χ3v) is 2.38. The van der Waals surface area contributed by atoms with Gasteiger partial charge in [-0.2, -0.15) is 0 Å². The molecule has 1 atom stereocenters. The highest BCUT2D eigenvalue weighted by molar-refractivity contribution is 5.85. The van der Waals surface area contributed by atoms with Crippen molar-refractivity contribution in [3.8, 4) is 5.75 Å². The summed E-state index contributed by atoms with van der Waals surface area (Å²) >= 11 is 0. The summed E-state index contributed by atoms with van der Waals surface area (Å²) in [6.07, 6.45) is 0.286. The molecule has 0 fully saturated rings. The van der Waals surface area contributed by atoms with Crippen LogP contribution in [0.5, 0.6) is 5.75 Å². The van der Waals surface area contributed by atoms with Gasteiger partial charge in [0.1, 0.15) is 5.75 Å². The van der Waals surface area contributed by atoms with Crippen molar-refractivity contribution in [2.24, 2.45) is 0 Å². The monoisotopic (exact) mass is 251 g/mol. The van der Waals surface area contributed by atoms with Crippen molar-refractivity contribution < 1.29 is 19.4 Å². The summed E-state index contributed by atoms with van der Waals surface area (Å²) in [6.45, 7) is 3.65. The molecular formula is C13H17NO4. The number of carbonyl (C=O) groups excluding carboxylic acids is 2. The number of ether oxygens (including phenoxy) is 1. The van der Waals surface area contributed by atoms with E-state index in [1.54, 1.807) is 26.0 Å². The fraction of sp³-hybridized carbons (Fsp3) is 0.385. The standard InChI is InChI=1S/C13H17NO4/c1-3-11(16)14-12(13(17)18-4-2)9-5-7-10(15)8-6-9/h5-8,12,15H,3-4H2,1-2H3,(H,14,16). The number of benzene rings is 1. The van der Waals surface area contributed by atoms with E-state index in [0.29, 0.717) is 5.56 Å². The van der Waals surface area contributed by atoms with Gasteiger partial charge in [-0.1, -0.05) is 19.1 Å². The maximum Gasteiger partial charge on any atom is 0.333 e. The largest absolute Gasteiger partial charge is 0.508 e. The molecule has 0 radical (unpaired) electrons. The lowest BCUT2D eigenvalue weighted by Gasteiger charge is -2.17. The Labute approximate surface area is 106 Å². The topological polar surface area (TPSA) is 75.6 Å². The minimum Gasteiger partial charge on any atom is -0.508 e. The third kappa shape index (κ3) is 3.76. The third-order valence-electron chi connectivity index (χ3n) is 2.38. The van der Waals surface area contributed by atoms with Crippen LogP contribution in [0.15, 0.2) is 24.3 Å². The van der Waals surface area contributed by atoms with Crippen LogP contribution in [0.4, 0.5) is 0 Å². The van der Waals surface area contributed by atoms with Crippen molar-refractivity contribution in [1.82, 2.24) is 5.32 Å². The van der Waals surface area contributed by atoms with Crippen molar-refractivity contribution in [3.05, 3.63) is 29.8 Å². The molecule has 0 aromatic heterocycles. The van der Waals surface area contributed by atoms with Gasteiger partial charge in [-0.05, 0) is 24.6 Å². The lowest BCUT2D eigenvalue weighted by Crippen LogP contribution is -2.34. The van der Waals surface area contributed by atoms with E-state index >= 15 is 0 Å². The van der Waals surface area contributed by atoms with Crippen LogP contribution in [0.2, 0.25) is 0 Å². The van der Waals surface area contributed by atoms with Crippen LogP contribution >= 0.6 is 0 Å². The van der Waals surface area contributed by atoms with Crippen LogP contribution in [-0.2, 0) is 14.3 Å². The van der Waals surface area contributed by atoms with Gasteiger partial charge in [-0.3, -0.25) is 4.79 Å². The molecule has 1 aromatic rings. The van der Waals surface area contributed by atoms with E-state index in [4.69, 9.17) is 4.74 Å². The number of phenols is 1. The highest BCUT2D eigenvalue weighted by atomic mass is 16.5. The summed E-state index contributed by atoms with van der Waals surface area (Å²) < 4.78 is 4.92.